The minimum absolute atomic E-state index is 0.0526. The van der Waals surface area contributed by atoms with E-state index in [-0.39, 0.29) is 49.8 Å². The van der Waals surface area contributed by atoms with E-state index >= 15 is 0 Å². The van der Waals surface area contributed by atoms with Crippen molar-refractivity contribution in [1.29, 1.82) is 0 Å². The van der Waals surface area contributed by atoms with E-state index in [1.807, 2.05) is 31.2 Å². The van der Waals surface area contributed by atoms with Crippen molar-refractivity contribution in [2.75, 3.05) is 48.4 Å². The van der Waals surface area contributed by atoms with Crippen LogP contribution in [0.5, 0.6) is 0 Å². The lowest BCUT2D eigenvalue weighted by Crippen LogP contribution is -2.13. The molecule has 6 aromatic carbocycles. The Hall–Kier alpha value is -6.76. The van der Waals surface area contributed by atoms with Crippen LogP contribution in [-0.4, -0.2) is 121 Å². The van der Waals surface area contributed by atoms with Crippen LogP contribution in [0.1, 0.15) is 124 Å². The predicted octanol–water partition coefficient (Wildman–Crippen LogP) is 16.2. The maximum atomic E-state index is 13.0. The molecule has 0 bridgehead atoms. The highest BCUT2D eigenvalue weighted by Gasteiger charge is 2.29. The third-order valence-electron chi connectivity index (χ3n) is 12.3. The Bertz CT molecular complexity index is 3680. The molecule has 0 aliphatic carbocycles. The largest absolute Gasteiger partial charge is 0.468 e. The minimum atomic E-state index is -0.807. The number of ketones is 1. The molecule has 6 rings (SSSR count). The highest BCUT2D eigenvalue weighted by Crippen LogP contribution is 2.39. The molecule has 6 aromatic rings. The van der Waals surface area contributed by atoms with Gasteiger partial charge in [-0.25, -0.2) is 8.78 Å². The number of methoxy groups -OCH3 is 6. The normalized spacial score (nSPS) is 12.0. The summed E-state index contributed by atoms with van der Waals surface area (Å²) in [6.45, 7) is 10.4. The van der Waals surface area contributed by atoms with Crippen LogP contribution in [0.3, 0.4) is 0 Å². The second kappa shape index (κ2) is 49.8. The highest BCUT2D eigenvalue weighted by atomic mass is 35.5. The molecule has 6 unspecified atom stereocenters. The number of halogens is 6. The molecule has 546 valence electrons. The molecule has 31 heteroatoms. The summed E-state index contributed by atoms with van der Waals surface area (Å²) >= 11 is 29.3. The van der Waals surface area contributed by atoms with Gasteiger partial charge < -0.3 is 33.5 Å². The van der Waals surface area contributed by atoms with Gasteiger partial charge in [0.15, 0.2) is 25.6 Å². The summed E-state index contributed by atoms with van der Waals surface area (Å²) in [6, 6.07) is 35.1. The van der Waals surface area contributed by atoms with E-state index in [2.05, 4.69) is 23.7 Å². The maximum absolute atomic E-state index is 13.0. The molecule has 0 radical (unpaired) electrons. The molecular weight excluding hydrogens is 1520 g/mol. The first-order valence-electron chi connectivity index (χ1n) is 29.2. The molecule has 0 aromatic heterocycles. The van der Waals surface area contributed by atoms with Crippen molar-refractivity contribution < 1.29 is 99.8 Å². The first-order chi connectivity index (χ1) is 47.6. The second-order valence-electron chi connectivity index (χ2n) is 20.0. The molecule has 0 heterocycles. The van der Waals surface area contributed by atoms with Crippen molar-refractivity contribution in [2.45, 2.75) is 93.0 Å². The zero-order valence-corrected chi connectivity index (χ0v) is 64.7. The fourth-order valence-electron chi connectivity index (χ4n) is 7.58. The molecule has 0 spiro atoms. The van der Waals surface area contributed by atoms with E-state index in [1.165, 1.54) is 144 Å². The summed E-state index contributed by atoms with van der Waals surface area (Å²) in [5.74, 6) is -3.03. The number of carbonyl (C=O) groups is 12. The van der Waals surface area contributed by atoms with Crippen LogP contribution in [0.15, 0.2) is 133 Å². The first kappa shape index (κ1) is 92.3. The number of aliphatic hydroxyl groups excluding tert-OH is 1. The van der Waals surface area contributed by atoms with Gasteiger partial charge in [0.05, 0.1) is 59.3 Å². The quantitative estimate of drug-likeness (QED) is 0.0488. The van der Waals surface area contributed by atoms with Gasteiger partial charge in [-0.3, -0.25) is 57.5 Å². The van der Waals surface area contributed by atoms with E-state index < -0.39 is 67.2 Å². The summed E-state index contributed by atoms with van der Waals surface area (Å²) in [5.41, 5.74) is 5.55. The van der Waals surface area contributed by atoms with Gasteiger partial charge in [-0.1, -0.05) is 196 Å². The smallest absolute Gasteiger partial charge is 0.323 e. The summed E-state index contributed by atoms with van der Waals surface area (Å²) in [4.78, 5) is 136. The maximum Gasteiger partial charge on any atom is 0.323 e. The molecule has 0 saturated heterocycles. The molecule has 1 N–H and O–H groups in total. The molecule has 0 fully saturated rings. The molecule has 0 saturated carbocycles. The fourth-order valence-corrected chi connectivity index (χ4v) is 13.8. The van der Waals surface area contributed by atoms with Crippen LogP contribution in [0, 0.1) is 18.6 Å². The second-order valence-corrected chi connectivity index (χ2v) is 29.3. The third kappa shape index (κ3) is 35.8. The fraction of sp³-hybridized carbons (Fsp3) is 0.314. The summed E-state index contributed by atoms with van der Waals surface area (Å²) in [7, 11) is 7.69. The van der Waals surface area contributed by atoms with Gasteiger partial charge in [-0.15, -0.1) is 11.8 Å². The molecule has 6 atom stereocenters. The summed E-state index contributed by atoms with van der Waals surface area (Å²) < 4.78 is 53.6. The Balaban J connectivity index is 0.000000607. The van der Waals surface area contributed by atoms with Gasteiger partial charge in [0.1, 0.15) is 48.9 Å². The number of ether oxygens (including phenoxy) is 6. The number of thioether (sulfide) groups is 6. The van der Waals surface area contributed by atoms with Gasteiger partial charge in [0, 0.05) is 56.8 Å². The lowest BCUT2D eigenvalue weighted by Gasteiger charge is -2.15. The molecule has 0 amide bonds. The number of aryl methyl sites for hydroxylation is 1. The third-order valence-corrected chi connectivity index (χ3v) is 20.0. The number of esters is 6. The predicted molar refractivity (Wildman–Crippen MR) is 397 cm³/mol. The highest BCUT2D eigenvalue weighted by molar-refractivity contribution is 8.15. The summed E-state index contributed by atoms with van der Waals surface area (Å²) in [5, 5.41) is 5.67. The number of benzene rings is 6. The minimum Gasteiger partial charge on any atom is -0.468 e. The molecule has 0 aliphatic heterocycles. The van der Waals surface area contributed by atoms with E-state index in [4.69, 9.17) is 56.2 Å². The Labute approximate surface area is 630 Å². The van der Waals surface area contributed by atoms with Gasteiger partial charge in [0.25, 0.3) is 0 Å². The average molecular weight is 1590 g/mol. The zero-order chi connectivity index (χ0) is 76.6. The van der Waals surface area contributed by atoms with Crippen LogP contribution < -0.4 is 0 Å². The SMILES string of the molecule is COC(=O)C(SC(C)=O)c1ccc(C)cc1.COC(=O)C(SC(C)=O)c1ccc(CO)cc1.COC(=O)C(SC(C)=O)c1ccc(Cl)cc1Cl.COC(=O)C(SC(C)=O)c1ccc(F)cc1.COC(=O)C(SC(C)=O)c1cccc(F)c1.COC(=O)C(SCCC(C)=O)c1ccc(Cl)c(Cl)c1. The zero-order valence-electron chi connectivity index (χ0n) is 56.8. The van der Waals surface area contributed by atoms with Crippen LogP contribution in [-0.2, 0) is 92.6 Å². The van der Waals surface area contributed by atoms with Crippen LogP contribution >= 0.6 is 117 Å². The molecular formula is C70H74Cl4F2O19S6. The van der Waals surface area contributed by atoms with Crippen molar-refractivity contribution in [3.05, 3.63) is 210 Å². The van der Waals surface area contributed by atoms with Gasteiger partial charge >= 0.3 is 35.8 Å². The number of aliphatic hydroxyl groups is 1. The van der Waals surface area contributed by atoms with Crippen LogP contribution in [0.2, 0.25) is 20.1 Å². The van der Waals surface area contributed by atoms with E-state index in [1.54, 1.807) is 60.7 Å². The van der Waals surface area contributed by atoms with Crippen LogP contribution in [0.4, 0.5) is 8.78 Å². The summed E-state index contributed by atoms with van der Waals surface area (Å²) in [6.07, 6.45) is 0.416. The van der Waals surface area contributed by atoms with Crippen LogP contribution in [0.25, 0.3) is 0 Å². The number of carbonyl (C=O) groups excluding carboxylic acids is 12. The standard InChI is InChI=1S/C13H14Cl2O3S.C12H14O4S.C12H14O3S.C11H10Cl2O3S.2C11H11FO3S/c1-8(16)5-6-19-12(13(17)18-2)9-3-4-10(14)11(15)7-9;1-8(14)17-11(12(15)16-2)10-5-3-9(7-13)4-6-10;1-8-4-6-10(7-5-8)11(12(14)15-3)16-9(2)13;1-6(14)17-10(11(15)16-2)8-4-3-7(12)5-9(8)13;1-7(13)16-10(11(14)15-2)8-3-5-9(12)6-4-8;1-7(13)16-10(11(14)15-2)8-4-3-5-9(12)6-8/h3-4,7,12H,5-6H2,1-2H3;3-6,11,13H,7H2,1-2H3;4-7,11H,1-3H3;3-5,10H,1-2H3;2*3-6,10H,1-2H3. The Morgan fingerprint density at radius 1 is 0.386 bits per heavy atom. The van der Waals surface area contributed by atoms with Crippen molar-refractivity contribution in [1.82, 2.24) is 0 Å². The van der Waals surface area contributed by atoms with E-state index in [0.29, 0.717) is 54.5 Å². The lowest BCUT2D eigenvalue weighted by atomic mass is 10.1. The Morgan fingerprint density at radius 3 is 1.11 bits per heavy atom. The van der Waals surface area contributed by atoms with Gasteiger partial charge in [0.2, 0.25) is 0 Å². The van der Waals surface area contributed by atoms with E-state index in [9.17, 15) is 66.3 Å². The monoisotopic (exact) mass is 1590 g/mol. The molecule has 19 nitrogen and oxygen atoms in total. The molecule has 101 heavy (non-hydrogen) atoms. The van der Waals surface area contributed by atoms with Crippen molar-refractivity contribution in [3.8, 4) is 0 Å². The number of hydrogen-bond donors (Lipinski definition) is 1. The van der Waals surface area contributed by atoms with Gasteiger partial charge in [-0.05, 0) is 101 Å². The number of hydrogen-bond acceptors (Lipinski definition) is 25. The average Bonchev–Trinajstić information content (AvgIpc) is 0.857. The van der Waals surface area contributed by atoms with E-state index in [0.717, 1.165) is 81.1 Å². The Kier molecular flexibility index (Phi) is 45.5. The van der Waals surface area contributed by atoms with Crippen molar-refractivity contribution in [3.63, 3.8) is 0 Å². The first-order valence-corrected chi connectivity index (χ1v) is 36.2. The topological polar surface area (TPSA) is 280 Å². The molecule has 0 aliphatic rings. The van der Waals surface area contributed by atoms with Gasteiger partial charge in [-0.2, -0.15) is 0 Å². The Morgan fingerprint density at radius 2 is 0.743 bits per heavy atom. The number of Topliss-reactive ketones (excluding diaryl/α,β-unsaturated/α-hetero) is 1. The lowest BCUT2D eigenvalue weighted by molar-refractivity contribution is -0.141. The van der Waals surface area contributed by atoms with Crippen molar-refractivity contribution in [2.24, 2.45) is 0 Å². The number of rotatable bonds is 22. The van der Waals surface area contributed by atoms with Crippen molar-refractivity contribution >= 4 is 184 Å².